The first-order valence-electron chi connectivity index (χ1n) is 7.91. The second-order valence-corrected chi connectivity index (χ2v) is 5.15. The Balaban J connectivity index is 0.000000251. The molecule has 3 N–H and O–H groups in total. The lowest BCUT2D eigenvalue weighted by molar-refractivity contribution is 0.0504. The highest BCUT2D eigenvalue weighted by Gasteiger charge is 2.10. The van der Waals surface area contributed by atoms with E-state index in [0.717, 1.165) is 6.42 Å². The van der Waals surface area contributed by atoms with E-state index in [-0.39, 0.29) is 23.0 Å². The standard InChI is InChI=1S/C10H12O3.C9H10O3/c1-2-7-13-10(12)8-3-5-9(11)6-4-8;1-2-6-4-3-5-7(8(6)10)9(11)12/h3-6,11H,2,7H2,1H3;3-5,10H,2H2,1H3,(H,11,12). The van der Waals surface area contributed by atoms with Gasteiger partial charge in [-0.15, -0.1) is 0 Å². The molecule has 6 heteroatoms. The minimum absolute atomic E-state index is 0.0330. The molecule has 0 saturated heterocycles. The van der Waals surface area contributed by atoms with Crippen LogP contribution in [-0.4, -0.2) is 33.9 Å². The highest BCUT2D eigenvalue weighted by molar-refractivity contribution is 5.91. The average Bonchev–Trinajstić information content (AvgIpc) is 2.60. The van der Waals surface area contributed by atoms with Gasteiger partial charge in [0.2, 0.25) is 0 Å². The number of phenols is 2. The summed E-state index contributed by atoms with van der Waals surface area (Å²) in [7, 11) is 0. The number of aromatic carboxylic acids is 1. The van der Waals surface area contributed by atoms with Gasteiger partial charge in [0.25, 0.3) is 0 Å². The number of carbonyl (C=O) groups excluding carboxylic acids is 1. The Morgan fingerprint density at radius 3 is 2.16 bits per heavy atom. The summed E-state index contributed by atoms with van der Waals surface area (Å²) < 4.78 is 4.90. The zero-order valence-electron chi connectivity index (χ0n) is 14.2. The van der Waals surface area contributed by atoms with Crippen molar-refractivity contribution in [3.63, 3.8) is 0 Å². The Labute approximate surface area is 146 Å². The molecule has 0 unspecified atom stereocenters. The van der Waals surface area contributed by atoms with Crippen molar-refractivity contribution >= 4 is 11.9 Å². The Morgan fingerprint density at radius 1 is 1.00 bits per heavy atom. The van der Waals surface area contributed by atoms with Crippen LogP contribution in [0.2, 0.25) is 0 Å². The first-order valence-corrected chi connectivity index (χ1v) is 7.91. The molecule has 0 aliphatic heterocycles. The van der Waals surface area contributed by atoms with Crippen molar-refractivity contribution in [2.75, 3.05) is 6.61 Å². The summed E-state index contributed by atoms with van der Waals surface area (Å²) in [5.74, 6) is -1.41. The number of hydrogen-bond acceptors (Lipinski definition) is 5. The van der Waals surface area contributed by atoms with Gasteiger partial charge in [-0.3, -0.25) is 0 Å². The average molecular weight is 346 g/mol. The zero-order chi connectivity index (χ0) is 18.8. The van der Waals surface area contributed by atoms with Gasteiger partial charge in [0, 0.05) is 0 Å². The van der Waals surface area contributed by atoms with Gasteiger partial charge in [0.05, 0.1) is 12.2 Å². The fourth-order valence-electron chi connectivity index (χ4n) is 1.92. The Hall–Kier alpha value is -3.02. The van der Waals surface area contributed by atoms with E-state index in [1.165, 1.54) is 30.3 Å². The number of esters is 1. The third kappa shape index (κ3) is 6.18. The first-order chi connectivity index (χ1) is 11.9. The van der Waals surface area contributed by atoms with Gasteiger partial charge in [0.15, 0.2) is 0 Å². The molecule has 0 amide bonds. The molecular formula is C19H22O6. The Kier molecular flexibility index (Phi) is 7.99. The van der Waals surface area contributed by atoms with Gasteiger partial charge in [-0.1, -0.05) is 26.0 Å². The number of ether oxygens (including phenoxy) is 1. The molecule has 2 aromatic rings. The van der Waals surface area contributed by atoms with E-state index in [9.17, 15) is 14.7 Å². The van der Waals surface area contributed by atoms with Crippen LogP contribution in [0, 0.1) is 0 Å². The van der Waals surface area contributed by atoms with Crippen molar-refractivity contribution in [1.82, 2.24) is 0 Å². The van der Waals surface area contributed by atoms with Gasteiger partial charge in [-0.05, 0) is 48.7 Å². The van der Waals surface area contributed by atoms with E-state index < -0.39 is 5.97 Å². The van der Waals surface area contributed by atoms with E-state index in [2.05, 4.69) is 0 Å². The van der Waals surface area contributed by atoms with E-state index in [1.807, 2.05) is 13.8 Å². The summed E-state index contributed by atoms with van der Waals surface area (Å²) >= 11 is 0. The number of carboxylic acids is 1. The van der Waals surface area contributed by atoms with Gasteiger partial charge in [0.1, 0.15) is 17.1 Å². The molecule has 0 aliphatic carbocycles. The summed E-state index contributed by atoms with van der Waals surface area (Å²) in [6, 6.07) is 10.7. The highest BCUT2D eigenvalue weighted by atomic mass is 16.5. The fourth-order valence-corrected chi connectivity index (χ4v) is 1.92. The lowest BCUT2D eigenvalue weighted by Gasteiger charge is -2.03. The molecule has 2 aromatic carbocycles. The molecule has 0 heterocycles. The second kappa shape index (κ2) is 9.97. The van der Waals surface area contributed by atoms with Crippen molar-refractivity contribution < 1.29 is 29.6 Å². The second-order valence-electron chi connectivity index (χ2n) is 5.15. The SMILES string of the molecule is CCCOC(=O)c1ccc(O)cc1.CCc1cccc(C(=O)O)c1O. The number of hydrogen-bond donors (Lipinski definition) is 3. The van der Waals surface area contributed by atoms with Crippen LogP contribution in [0.25, 0.3) is 0 Å². The largest absolute Gasteiger partial charge is 0.508 e. The smallest absolute Gasteiger partial charge is 0.339 e. The third-order valence-electron chi connectivity index (χ3n) is 3.27. The van der Waals surface area contributed by atoms with Crippen LogP contribution in [0.4, 0.5) is 0 Å². The van der Waals surface area contributed by atoms with Crippen LogP contribution in [-0.2, 0) is 11.2 Å². The summed E-state index contributed by atoms with van der Waals surface area (Å²) in [5, 5.41) is 27.0. The quantitative estimate of drug-likeness (QED) is 0.715. The van der Waals surface area contributed by atoms with Crippen LogP contribution >= 0.6 is 0 Å². The Bertz CT molecular complexity index is 706. The van der Waals surface area contributed by atoms with Crippen LogP contribution < -0.4 is 0 Å². The minimum Gasteiger partial charge on any atom is -0.508 e. The predicted octanol–water partition coefficient (Wildman–Crippen LogP) is 3.61. The van der Waals surface area contributed by atoms with E-state index in [1.54, 1.807) is 12.1 Å². The van der Waals surface area contributed by atoms with Crippen LogP contribution in [0.3, 0.4) is 0 Å². The van der Waals surface area contributed by atoms with Crippen molar-refractivity contribution in [3.05, 3.63) is 59.2 Å². The number of aromatic hydroxyl groups is 2. The number of carbonyl (C=O) groups is 2. The highest BCUT2D eigenvalue weighted by Crippen LogP contribution is 2.22. The molecule has 6 nitrogen and oxygen atoms in total. The van der Waals surface area contributed by atoms with E-state index >= 15 is 0 Å². The number of para-hydroxylation sites is 1. The van der Waals surface area contributed by atoms with Crippen molar-refractivity contribution in [2.24, 2.45) is 0 Å². The number of rotatable bonds is 5. The molecule has 0 aromatic heterocycles. The fraction of sp³-hybridized carbons (Fsp3) is 0.263. The maximum atomic E-state index is 11.2. The summed E-state index contributed by atoms with van der Waals surface area (Å²) in [6.45, 7) is 4.23. The molecular weight excluding hydrogens is 324 g/mol. The molecule has 25 heavy (non-hydrogen) atoms. The molecule has 0 saturated carbocycles. The lowest BCUT2D eigenvalue weighted by atomic mass is 10.1. The lowest BCUT2D eigenvalue weighted by Crippen LogP contribution is -2.05. The van der Waals surface area contributed by atoms with E-state index in [4.69, 9.17) is 14.9 Å². The predicted molar refractivity (Wildman–Crippen MR) is 93.1 cm³/mol. The molecule has 0 fully saturated rings. The number of carboxylic acid groups (broad SMARTS) is 1. The van der Waals surface area contributed by atoms with Gasteiger partial charge >= 0.3 is 11.9 Å². The molecule has 0 spiro atoms. The zero-order valence-corrected chi connectivity index (χ0v) is 14.2. The maximum Gasteiger partial charge on any atom is 0.339 e. The van der Waals surface area contributed by atoms with Gasteiger partial charge in [-0.25, -0.2) is 9.59 Å². The topological polar surface area (TPSA) is 104 Å². The van der Waals surface area contributed by atoms with Crippen molar-refractivity contribution in [3.8, 4) is 11.5 Å². The Morgan fingerprint density at radius 2 is 1.64 bits per heavy atom. The van der Waals surface area contributed by atoms with Crippen molar-refractivity contribution in [1.29, 1.82) is 0 Å². The van der Waals surface area contributed by atoms with Crippen LogP contribution in [0.1, 0.15) is 46.5 Å². The van der Waals surface area contributed by atoms with Gasteiger partial charge < -0.3 is 20.1 Å². The van der Waals surface area contributed by atoms with E-state index in [0.29, 0.717) is 24.2 Å². The maximum absolute atomic E-state index is 11.2. The first kappa shape index (κ1) is 20.0. The molecule has 0 aliphatic rings. The third-order valence-corrected chi connectivity index (χ3v) is 3.27. The monoisotopic (exact) mass is 346 g/mol. The molecule has 2 rings (SSSR count). The van der Waals surface area contributed by atoms with Gasteiger partial charge in [-0.2, -0.15) is 0 Å². The molecule has 0 bridgehead atoms. The number of aryl methyl sites for hydroxylation is 1. The summed E-state index contributed by atoms with van der Waals surface area (Å²) in [4.78, 5) is 21.7. The molecule has 0 atom stereocenters. The number of benzene rings is 2. The normalized spacial score (nSPS) is 9.68. The minimum atomic E-state index is -1.09. The number of phenolic OH excluding ortho intramolecular Hbond substituents is 1. The van der Waals surface area contributed by atoms with Crippen molar-refractivity contribution in [2.45, 2.75) is 26.7 Å². The summed E-state index contributed by atoms with van der Waals surface area (Å²) in [5.41, 5.74) is 1.09. The van der Waals surface area contributed by atoms with Crippen LogP contribution in [0.5, 0.6) is 11.5 Å². The summed E-state index contributed by atoms with van der Waals surface area (Å²) in [6.07, 6.45) is 1.44. The molecule has 134 valence electrons. The van der Waals surface area contributed by atoms with Crippen LogP contribution in [0.15, 0.2) is 42.5 Å². The molecule has 0 radical (unpaired) electrons.